The lowest BCUT2D eigenvalue weighted by Crippen LogP contribution is -2.36. The molecule has 1 N–H and O–H groups in total. The van der Waals surface area contributed by atoms with Gasteiger partial charge in [-0.3, -0.25) is 4.90 Å². The van der Waals surface area contributed by atoms with Crippen LogP contribution in [-0.4, -0.2) is 36.6 Å². The van der Waals surface area contributed by atoms with Crippen molar-refractivity contribution in [1.82, 2.24) is 15.2 Å². The van der Waals surface area contributed by atoms with Gasteiger partial charge in [-0.25, -0.2) is 4.98 Å². The number of thiazole rings is 1. The Bertz CT molecular complexity index is 442. The largest absolute Gasteiger partial charge is 0.434 e. The first-order chi connectivity index (χ1) is 9.40. The number of likely N-dealkylation sites (tertiary alicyclic amines) is 1. The van der Waals surface area contributed by atoms with Crippen LogP contribution < -0.4 is 5.32 Å². The summed E-state index contributed by atoms with van der Waals surface area (Å²) in [5.41, 5.74) is -0.697. The Hall–Kier alpha value is -0.370. The summed E-state index contributed by atoms with van der Waals surface area (Å²) in [4.78, 5) is 6.10. The van der Waals surface area contributed by atoms with E-state index in [0.717, 1.165) is 43.8 Å². The monoisotopic (exact) mass is 343 g/mol. The molecule has 2 rings (SSSR count). The quantitative estimate of drug-likeness (QED) is 0.909. The molecule has 0 unspecified atom stereocenters. The summed E-state index contributed by atoms with van der Waals surface area (Å²) < 4.78 is 38.7. The summed E-state index contributed by atoms with van der Waals surface area (Å²) in [6.07, 6.45) is -2.26. The zero-order valence-electron chi connectivity index (χ0n) is 12.2. The van der Waals surface area contributed by atoms with E-state index in [0.29, 0.717) is 22.3 Å². The fraction of sp³-hybridized carbons (Fsp3) is 0.769. The molecule has 1 aliphatic heterocycles. The van der Waals surface area contributed by atoms with Gasteiger partial charge >= 0.3 is 6.18 Å². The van der Waals surface area contributed by atoms with Crippen LogP contribution >= 0.6 is 23.7 Å². The molecule has 0 radical (unpaired) electrons. The van der Waals surface area contributed by atoms with Crippen LogP contribution in [0.3, 0.4) is 0 Å². The zero-order chi connectivity index (χ0) is 14.8. The fourth-order valence-electron chi connectivity index (χ4n) is 2.64. The molecule has 0 atom stereocenters. The Balaban J connectivity index is 0.00000220. The van der Waals surface area contributed by atoms with Gasteiger partial charge in [-0.1, -0.05) is 0 Å². The molecule has 8 heteroatoms. The predicted octanol–water partition coefficient (Wildman–Crippen LogP) is 3.32. The van der Waals surface area contributed by atoms with Gasteiger partial charge in [0.1, 0.15) is 0 Å². The van der Waals surface area contributed by atoms with Gasteiger partial charge in [0.2, 0.25) is 0 Å². The highest BCUT2D eigenvalue weighted by atomic mass is 35.5. The third kappa shape index (κ3) is 5.09. The summed E-state index contributed by atoms with van der Waals surface area (Å²) in [7, 11) is 1.93. The number of hydrogen-bond donors (Lipinski definition) is 1. The van der Waals surface area contributed by atoms with E-state index in [2.05, 4.69) is 15.2 Å². The van der Waals surface area contributed by atoms with E-state index in [1.807, 2.05) is 7.05 Å². The average molecular weight is 344 g/mol. The number of piperidine rings is 1. The number of nitrogens with one attached hydrogen (secondary N) is 1. The average Bonchev–Trinajstić information content (AvgIpc) is 2.73. The van der Waals surface area contributed by atoms with Crippen LogP contribution in [0.5, 0.6) is 0 Å². The summed E-state index contributed by atoms with van der Waals surface area (Å²) >= 11 is 1.16. The minimum Gasteiger partial charge on any atom is -0.319 e. The second kappa shape index (κ2) is 7.76. The van der Waals surface area contributed by atoms with Gasteiger partial charge in [-0.15, -0.1) is 23.7 Å². The van der Waals surface area contributed by atoms with E-state index in [4.69, 9.17) is 0 Å². The Morgan fingerprint density at radius 2 is 1.95 bits per heavy atom. The molecule has 1 aromatic rings. The second-order valence-electron chi connectivity index (χ2n) is 5.28. The van der Waals surface area contributed by atoms with E-state index < -0.39 is 11.9 Å². The number of nitrogens with zero attached hydrogens (tertiary/aromatic N) is 2. The summed E-state index contributed by atoms with van der Waals surface area (Å²) in [6.45, 7) is 4.71. The topological polar surface area (TPSA) is 28.2 Å². The predicted molar refractivity (Wildman–Crippen MR) is 81.0 cm³/mol. The van der Waals surface area contributed by atoms with Gasteiger partial charge in [0.15, 0.2) is 5.69 Å². The Labute approximate surface area is 133 Å². The molecule has 0 amide bonds. The van der Waals surface area contributed by atoms with Crippen molar-refractivity contribution in [2.75, 3.05) is 26.7 Å². The van der Waals surface area contributed by atoms with Crippen molar-refractivity contribution in [3.05, 3.63) is 15.6 Å². The number of halogens is 4. The van der Waals surface area contributed by atoms with E-state index in [-0.39, 0.29) is 12.4 Å². The molecule has 0 aromatic carbocycles. The molecular weight excluding hydrogens is 323 g/mol. The van der Waals surface area contributed by atoms with Crippen molar-refractivity contribution in [3.8, 4) is 0 Å². The minimum atomic E-state index is -4.34. The summed E-state index contributed by atoms with van der Waals surface area (Å²) in [5.74, 6) is 0.640. The maximum Gasteiger partial charge on any atom is 0.434 e. The first kappa shape index (κ1) is 18.7. The Morgan fingerprint density at radius 3 is 2.48 bits per heavy atom. The van der Waals surface area contributed by atoms with Crippen LogP contribution in [0.4, 0.5) is 13.2 Å². The standard InChI is InChI=1S/C13H20F3N3S.ClH/c1-9-18-12(13(14,15)16)11(20-9)8-19-5-3-10(4-6-19)7-17-2;/h10,17H,3-8H2,1-2H3;1H. The SMILES string of the molecule is CNCC1CCN(Cc2sc(C)nc2C(F)(F)F)CC1.Cl. The highest BCUT2D eigenvalue weighted by Crippen LogP contribution is 2.35. The van der Waals surface area contributed by atoms with Crippen molar-refractivity contribution in [3.63, 3.8) is 0 Å². The molecule has 2 heterocycles. The molecule has 1 fully saturated rings. The zero-order valence-corrected chi connectivity index (χ0v) is 13.8. The van der Waals surface area contributed by atoms with E-state index in [1.165, 1.54) is 0 Å². The second-order valence-corrected chi connectivity index (χ2v) is 6.57. The van der Waals surface area contributed by atoms with Gasteiger partial charge in [0.25, 0.3) is 0 Å². The molecule has 0 spiro atoms. The fourth-order valence-corrected chi connectivity index (χ4v) is 3.64. The highest BCUT2D eigenvalue weighted by Gasteiger charge is 2.37. The first-order valence-electron chi connectivity index (χ1n) is 6.80. The van der Waals surface area contributed by atoms with Crippen LogP contribution in [0, 0.1) is 12.8 Å². The smallest absolute Gasteiger partial charge is 0.319 e. The molecule has 0 saturated carbocycles. The molecule has 1 saturated heterocycles. The normalized spacial score (nSPS) is 17.8. The summed E-state index contributed by atoms with van der Waals surface area (Å²) in [6, 6.07) is 0. The molecule has 122 valence electrons. The highest BCUT2D eigenvalue weighted by molar-refractivity contribution is 7.11. The summed E-state index contributed by atoms with van der Waals surface area (Å²) in [5, 5.41) is 3.64. The third-order valence-electron chi connectivity index (χ3n) is 3.64. The van der Waals surface area contributed by atoms with Gasteiger partial charge in [0, 0.05) is 6.54 Å². The van der Waals surface area contributed by atoms with Gasteiger partial charge in [0.05, 0.1) is 9.88 Å². The number of rotatable bonds is 4. The van der Waals surface area contributed by atoms with E-state index in [1.54, 1.807) is 6.92 Å². The molecule has 1 aromatic heterocycles. The number of aromatic nitrogens is 1. The lowest BCUT2D eigenvalue weighted by molar-refractivity contribution is -0.141. The number of aryl methyl sites for hydroxylation is 1. The maximum absolute atomic E-state index is 12.9. The maximum atomic E-state index is 12.9. The number of alkyl halides is 3. The van der Waals surface area contributed by atoms with Crippen molar-refractivity contribution < 1.29 is 13.2 Å². The van der Waals surface area contributed by atoms with Crippen molar-refractivity contribution in [2.45, 2.75) is 32.5 Å². The molecule has 0 bridgehead atoms. The van der Waals surface area contributed by atoms with Gasteiger partial charge < -0.3 is 5.32 Å². The van der Waals surface area contributed by atoms with E-state index >= 15 is 0 Å². The van der Waals surface area contributed by atoms with Gasteiger partial charge in [-0.05, 0) is 52.4 Å². The van der Waals surface area contributed by atoms with Crippen LogP contribution in [0.2, 0.25) is 0 Å². The Morgan fingerprint density at radius 1 is 1.33 bits per heavy atom. The van der Waals surface area contributed by atoms with Gasteiger partial charge in [-0.2, -0.15) is 13.2 Å². The van der Waals surface area contributed by atoms with Crippen molar-refractivity contribution >= 4 is 23.7 Å². The molecule has 0 aliphatic carbocycles. The van der Waals surface area contributed by atoms with E-state index in [9.17, 15) is 13.2 Å². The Kier molecular flexibility index (Phi) is 6.90. The van der Waals surface area contributed by atoms with Crippen LogP contribution in [0.1, 0.15) is 28.4 Å². The molecular formula is C13H21ClF3N3S. The van der Waals surface area contributed by atoms with Crippen LogP contribution in [0.15, 0.2) is 0 Å². The molecule has 3 nitrogen and oxygen atoms in total. The lowest BCUT2D eigenvalue weighted by Gasteiger charge is -2.31. The van der Waals surface area contributed by atoms with Crippen LogP contribution in [-0.2, 0) is 12.7 Å². The van der Waals surface area contributed by atoms with Crippen LogP contribution in [0.25, 0.3) is 0 Å². The van der Waals surface area contributed by atoms with Crippen molar-refractivity contribution in [2.24, 2.45) is 5.92 Å². The number of hydrogen-bond acceptors (Lipinski definition) is 4. The molecule has 1 aliphatic rings. The van der Waals surface area contributed by atoms with Crippen molar-refractivity contribution in [1.29, 1.82) is 0 Å². The minimum absolute atomic E-state index is 0. The first-order valence-corrected chi connectivity index (χ1v) is 7.62. The lowest BCUT2D eigenvalue weighted by atomic mass is 9.97. The molecule has 21 heavy (non-hydrogen) atoms. The third-order valence-corrected chi connectivity index (χ3v) is 4.60.